The summed E-state index contributed by atoms with van der Waals surface area (Å²) in [5.74, 6) is 0.257. The lowest BCUT2D eigenvalue weighted by Crippen LogP contribution is -2.51. The molecule has 1 N–H and O–H groups in total. The number of phosphoric acid groups is 1. The van der Waals surface area contributed by atoms with Gasteiger partial charge in [-0.25, -0.2) is 9.36 Å². The van der Waals surface area contributed by atoms with Gasteiger partial charge in [0.2, 0.25) is 0 Å². The van der Waals surface area contributed by atoms with Crippen LogP contribution < -0.4 is 10.1 Å². The molecular weight excluding hydrogens is 550 g/mol. The number of halogens is 4. The largest absolute Gasteiger partial charge is 0.474 e. The van der Waals surface area contributed by atoms with Crippen molar-refractivity contribution < 1.29 is 45.6 Å². The molecule has 13 heteroatoms. The summed E-state index contributed by atoms with van der Waals surface area (Å²) in [5, 5.41) is 3.04. The number of hydrogen-bond donors (Lipinski definition) is 1. The molecule has 2 rings (SSSR count). The fourth-order valence-corrected chi connectivity index (χ4v) is 4.27. The molecule has 8 nitrogen and oxygen atoms in total. The molecule has 0 radical (unpaired) electrons. The van der Waals surface area contributed by atoms with Crippen molar-refractivity contribution in [2.75, 3.05) is 20.8 Å². The number of nitrogens with one attached hydrogen (secondary N) is 1. The fourth-order valence-electron chi connectivity index (χ4n) is 3.20. The molecule has 38 heavy (non-hydrogen) atoms. The van der Waals surface area contributed by atoms with Crippen LogP contribution in [0.4, 0.5) is 18.0 Å². The molecule has 1 amide bonds. The lowest BCUT2D eigenvalue weighted by Gasteiger charge is -2.32. The highest BCUT2D eigenvalue weighted by Crippen LogP contribution is 2.48. The van der Waals surface area contributed by atoms with Gasteiger partial charge in [-0.3, -0.25) is 13.6 Å². The topological polar surface area (TPSA) is 92.3 Å². The Morgan fingerprint density at radius 3 is 2.18 bits per heavy atom. The Hall–Kier alpha value is -2.30. The number of hydrogen-bond acceptors (Lipinski definition) is 7. The Morgan fingerprint density at radius 1 is 1.00 bits per heavy atom. The van der Waals surface area contributed by atoms with E-state index in [2.05, 4.69) is 5.32 Å². The highest BCUT2D eigenvalue weighted by molar-refractivity contribution is 7.48. The molecule has 0 aliphatic heterocycles. The summed E-state index contributed by atoms with van der Waals surface area (Å²) in [6.45, 7) is 6.58. The minimum Gasteiger partial charge on any atom is -0.457 e. The van der Waals surface area contributed by atoms with Crippen LogP contribution in [0.5, 0.6) is 11.5 Å². The minimum atomic E-state index is -4.50. The molecule has 1 unspecified atom stereocenters. The summed E-state index contributed by atoms with van der Waals surface area (Å²) in [4.78, 5) is 12.5. The summed E-state index contributed by atoms with van der Waals surface area (Å²) >= 11 is 6.43. The molecule has 0 spiro atoms. The maximum atomic E-state index is 13.0. The second kappa shape index (κ2) is 12.7. The molecule has 1 atom stereocenters. The van der Waals surface area contributed by atoms with Crippen molar-refractivity contribution in [3.63, 3.8) is 0 Å². The van der Waals surface area contributed by atoms with Gasteiger partial charge < -0.3 is 14.8 Å². The van der Waals surface area contributed by atoms with Crippen molar-refractivity contribution in [1.29, 1.82) is 0 Å². The van der Waals surface area contributed by atoms with Crippen LogP contribution in [0, 0.1) is 0 Å². The summed E-state index contributed by atoms with van der Waals surface area (Å²) in [6.07, 6.45) is -4.59. The first-order valence-corrected chi connectivity index (χ1v) is 13.3. The number of amides is 1. The molecule has 0 aliphatic rings. The Morgan fingerprint density at radius 2 is 1.63 bits per heavy atom. The van der Waals surface area contributed by atoms with Crippen LogP contribution >= 0.6 is 19.4 Å². The van der Waals surface area contributed by atoms with Crippen molar-refractivity contribution in [2.45, 2.75) is 57.9 Å². The average molecular weight is 582 g/mol. The monoisotopic (exact) mass is 581 g/mol. The van der Waals surface area contributed by atoms with Crippen LogP contribution in [0.15, 0.2) is 42.5 Å². The number of alkyl halides is 3. The summed E-state index contributed by atoms with van der Waals surface area (Å²) in [5.41, 5.74) is -1.99. The molecule has 0 heterocycles. The third-order valence-corrected chi connectivity index (χ3v) is 6.85. The standard InChI is InChI=1S/C25H32ClF3NO7P/c1-23(2,3)37-22(31)30-24(4,16-35-38(32,33-5)34-6)13-12-17-10-11-20(15-21(17)26)36-19-9-7-8-18(14-19)25(27,28)29/h7-11,14-15H,12-13,16H2,1-6H3,(H,30,31). The number of aryl methyl sites for hydroxylation is 1. The zero-order chi connectivity index (χ0) is 28.8. The molecule has 2 aromatic rings. The first kappa shape index (κ1) is 31.9. The van der Waals surface area contributed by atoms with Crippen molar-refractivity contribution in [1.82, 2.24) is 5.32 Å². The smallest absolute Gasteiger partial charge is 0.457 e. The first-order valence-electron chi connectivity index (χ1n) is 11.5. The number of ether oxygens (including phenoxy) is 2. The third-order valence-electron chi connectivity index (χ3n) is 5.16. The third kappa shape index (κ3) is 10.1. The predicted octanol–water partition coefficient (Wildman–Crippen LogP) is 7.78. The van der Waals surface area contributed by atoms with Gasteiger partial charge in [-0.1, -0.05) is 23.7 Å². The van der Waals surface area contributed by atoms with Crippen LogP contribution in [-0.4, -0.2) is 38.1 Å². The van der Waals surface area contributed by atoms with E-state index in [1.54, 1.807) is 39.8 Å². The lowest BCUT2D eigenvalue weighted by atomic mass is 9.94. The first-order chi connectivity index (χ1) is 17.5. The van der Waals surface area contributed by atoms with E-state index in [0.29, 0.717) is 17.0 Å². The molecule has 212 valence electrons. The van der Waals surface area contributed by atoms with Gasteiger partial charge in [0.1, 0.15) is 17.1 Å². The number of alkyl carbamates (subject to hydrolysis) is 1. The zero-order valence-electron chi connectivity index (χ0n) is 22.0. The molecule has 0 bridgehead atoms. The van der Waals surface area contributed by atoms with E-state index < -0.39 is 36.8 Å². The maximum Gasteiger partial charge on any atom is 0.474 e. The quantitative estimate of drug-likeness (QED) is 0.271. The molecule has 0 aliphatic carbocycles. The molecular formula is C25H32ClF3NO7P. The second-order valence-corrected chi connectivity index (χ2v) is 11.9. The summed E-state index contributed by atoms with van der Waals surface area (Å²) in [6, 6.07) is 9.22. The number of benzene rings is 2. The highest BCUT2D eigenvalue weighted by Gasteiger charge is 2.34. The Labute approximate surface area is 225 Å². The lowest BCUT2D eigenvalue weighted by molar-refractivity contribution is -0.137. The van der Waals surface area contributed by atoms with E-state index in [-0.39, 0.29) is 24.5 Å². The summed E-state index contributed by atoms with van der Waals surface area (Å²) < 4.78 is 77.2. The number of rotatable bonds is 11. The van der Waals surface area contributed by atoms with Crippen LogP contribution in [0.25, 0.3) is 0 Å². The normalized spacial score (nSPS) is 14.1. The fraction of sp³-hybridized carbons (Fsp3) is 0.480. The van der Waals surface area contributed by atoms with Crippen molar-refractivity contribution in [3.8, 4) is 11.5 Å². The van der Waals surface area contributed by atoms with E-state index in [1.165, 1.54) is 32.4 Å². The Kier molecular flexibility index (Phi) is 10.7. The minimum absolute atomic E-state index is 0.00985. The molecule has 0 saturated heterocycles. The van der Waals surface area contributed by atoms with Crippen molar-refractivity contribution in [3.05, 3.63) is 58.6 Å². The van der Waals surface area contributed by atoms with Crippen molar-refractivity contribution >= 4 is 25.5 Å². The number of carbonyl (C=O) groups is 1. The highest BCUT2D eigenvalue weighted by atomic mass is 35.5. The van der Waals surface area contributed by atoms with E-state index in [4.69, 9.17) is 34.6 Å². The van der Waals surface area contributed by atoms with E-state index in [0.717, 1.165) is 12.1 Å². The van der Waals surface area contributed by atoms with Gasteiger partial charge in [0.05, 0.1) is 17.7 Å². The zero-order valence-corrected chi connectivity index (χ0v) is 23.6. The van der Waals surface area contributed by atoms with Gasteiger partial charge >= 0.3 is 20.1 Å². The van der Waals surface area contributed by atoms with Gasteiger partial charge in [0, 0.05) is 19.2 Å². The van der Waals surface area contributed by atoms with Crippen LogP contribution in [0.3, 0.4) is 0 Å². The molecule has 0 aromatic heterocycles. The second-order valence-electron chi connectivity index (χ2n) is 9.65. The van der Waals surface area contributed by atoms with Gasteiger partial charge in [-0.05, 0) is 76.4 Å². The maximum absolute atomic E-state index is 13.0. The van der Waals surface area contributed by atoms with Crippen molar-refractivity contribution in [2.24, 2.45) is 0 Å². The van der Waals surface area contributed by atoms with Gasteiger partial charge in [-0.2, -0.15) is 13.2 Å². The molecule has 0 saturated carbocycles. The van der Waals surface area contributed by atoms with Crippen LogP contribution in [-0.2, 0) is 35.5 Å². The summed E-state index contributed by atoms with van der Waals surface area (Å²) in [7, 11) is -1.48. The van der Waals surface area contributed by atoms with Crippen LogP contribution in [0.2, 0.25) is 5.02 Å². The van der Waals surface area contributed by atoms with E-state index >= 15 is 0 Å². The molecule has 2 aromatic carbocycles. The number of phosphoric ester groups is 1. The predicted molar refractivity (Wildman–Crippen MR) is 137 cm³/mol. The number of carbonyl (C=O) groups excluding carboxylic acids is 1. The van der Waals surface area contributed by atoms with Gasteiger partial charge in [-0.15, -0.1) is 0 Å². The Balaban J connectivity index is 2.17. The van der Waals surface area contributed by atoms with E-state index in [1.807, 2.05) is 0 Å². The SMILES string of the molecule is COP(=O)(OC)OCC(C)(CCc1ccc(Oc2cccc(C(F)(F)F)c2)cc1Cl)NC(=O)OC(C)(C)C. The van der Waals surface area contributed by atoms with E-state index in [9.17, 15) is 22.5 Å². The average Bonchev–Trinajstić information content (AvgIpc) is 2.80. The van der Waals surface area contributed by atoms with Crippen LogP contribution in [0.1, 0.15) is 45.2 Å². The van der Waals surface area contributed by atoms with Gasteiger partial charge in [0.25, 0.3) is 0 Å². The Bertz CT molecular complexity index is 1150. The van der Waals surface area contributed by atoms with Gasteiger partial charge in [0.15, 0.2) is 0 Å². The molecule has 0 fully saturated rings.